The van der Waals surface area contributed by atoms with Gasteiger partial charge in [0.1, 0.15) is 12.6 Å². The van der Waals surface area contributed by atoms with E-state index in [-0.39, 0.29) is 19.4 Å². The molecule has 0 spiro atoms. The van der Waals surface area contributed by atoms with E-state index in [0.717, 1.165) is 51.4 Å². The summed E-state index contributed by atoms with van der Waals surface area (Å²) in [6, 6.07) is -1.53. The molecule has 0 amide bonds. The highest BCUT2D eigenvalue weighted by Gasteiger charge is 2.36. The number of carboxylic acid groups (broad SMARTS) is 1. The number of carbonyl (C=O) groups excluding carboxylic acids is 2. The monoisotopic (exact) mass is 854 g/mol. The van der Waals surface area contributed by atoms with Crippen LogP contribution in [0.25, 0.3) is 0 Å². The van der Waals surface area contributed by atoms with Gasteiger partial charge in [-0.25, -0.2) is 4.57 Å². The van der Waals surface area contributed by atoms with Crippen LogP contribution in [0.1, 0.15) is 181 Å². The number of ether oxygens (including phenoxy) is 3. The van der Waals surface area contributed by atoms with Crippen molar-refractivity contribution in [2.24, 2.45) is 5.73 Å². The van der Waals surface area contributed by atoms with Crippen molar-refractivity contribution in [3.8, 4) is 0 Å². The van der Waals surface area contributed by atoms with Crippen molar-refractivity contribution in [2.45, 2.75) is 205 Å². The Morgan fingerprint density at radius 1 is 0.610 bits per heavy atom. The fraction of sp³-hybridized carbons (Fsp3) is 0.761. The standard InChI is InChI=1S/C46H80NO11P/c1-3-5-7-9-11-12-13-14-15-16-17-18-19-20-23-27-31-35-44(48)54-37-40(38-55-59(52,53)56-39-41(47)46(50)51)57-45(49)36-32-28-24-21-22-26-30-34-43-42(58-43)33-29-25-10-8-6-4-2/h14-15,21,24-26,29-30,40-43H,3-13,16-20,22-23,27-28,31-39,47H2,1-2H3,(H,50,51)(H,52,53)/b15-14-,24-21-,29-25-,30-26-/t40-,41+,42?,43?/m1/s1. The highest BCUT2D eigenvalue weighted by molar-refractivity contribution is 7.47. The number of phosphoric acid groups is 1. The second kappa shape index (κ2) is 37.2. The van der Waals surface area contributed by atoms with Gasteiger partial charge in [0.25, 0.3) is 0 Å². The molecule has 3 unspecified atom stereocenters. The third-order valence-electron chi connectivity index (χ3n) is 9.95. The van der Waals surface area contributed by atoms with Crippen molar-refractivity contribution in [1.82, 2.24) is 0 Å². The van der Waals surface area contributed by atoms with Gasteiger partial charge >= 0.3 is 25.7 Å². The summed E-state index contributed by atoms with van der Waals surface area (Å²) < 4.78 is 38.4. The predicted molar refractivity (Wildman–Crippen MR) is 235 cm³/mol. The van der Waals surface area contributed by atoms with E-state index in [0.29, 0.717) is 31.5 Å². The summed E-state index contributed by atoms with van der Waals surface area (Å²) in [6.07, 6.45) is 43.5. The number of nitrogens with two attached hydrogens (primary N) is 1. The van der Waals surface area contributed by atoms with Gasteiger partial charge < -0.3 is 29.9 Å². The van der Waals surface area contributed by atoms with Crippen LogP contribution in [0, 0.1) is 0 Å². The molecule has 0 aromatic carbocycles. The van der Waals surface area contributed by atoms with E-state index in [1.54, 1.807) is 0 Å². The van der Waals surface area contributed by atoms with Crippen LogP contribution in [-0.4, -0.2) is 72.1 Å². The molecule has 59 heavy (non-hydrogen) atoms. The maximum absolute atomic E-state index is 12.6. The van der Waals surface area contributed by atoms with Crippen LogP contribution in [0.3, 0.4) is 0 Å². The number of rotatable bonds is 41. The topological polar surface area (TPSA) is 184 Å². The van der Waals surface area contributed by atoms with Gasteiger partial charge in [-0.3, -0.25) is 23.4 Å². The summed E-state index contributed by atoms with van der Waals surface area (Å²) in [5.41, 5.74) is 5.33. The lowest BCUT2D eigenvalue weighted by Gasteiger charge is -2.20. The molecular weight excluding hydrogens is 773 g/mol. The molecule has 1 fully saturated rings. The van der Waals surface area contributed by atoms with Gasteiger partial charge in [0.05, 0.1) is 25.4 Å². The molecule has 0 aromatic heterocycles. The Balaban J connectivity index is 2.31. The Kier molecular flexibility index (Phi) is 34.3. The molecule has 1 saturated heterocycles. The number of carbonyl (C=O) groups is 3. The molecule has 0 saturated carbocycles. The molecule has 0 aromatic rings. The molecule has 1 aliphatic rings. The highest BCUT2D eigenvalue weighted by Crippen LogP contribution is 2.43. The van der Waals surface area contributed by atoms with Gasteiger partial charge in [0.2, 0.25) is 0 Å². The molecular formula is C46H80NO11P. The van der Waals surface area contributed by atoms with Crippen LogP contribution in [-0.2, 0) is 42.2 Å². The van der Waals surface area contributed by atoms with Gasteiger partial charge in [-0.15, -0.1) is 0 Å². The lowest BCUT2D eigenvalue weighted by molar-refractivity contribution is -0.161. The Morgan fingerprint density at radius 3 is 1.69 bits per heavy atom. The number of hydrogen-bond acceptors (Lipinski definition) is 10. The van der Waals surface area contributed by atoms with Crippen LogP contribution in [0.4, 0.5) is 0 Å². The number of aliphatic carboxylic acids is 1. The fourth-order valence-electron chi connectivity index (χ4n) is 6.21. The minimum atomic E-state index is -4.74. The number of hydrogen-bond donors (Lipinski definition) is 3. The summed E-state index contributed by atoms with van der Waals surface area (Å²) in [5.74, 6) is -2.46. The maximum atomic E-state index is 12.6. The smallest absolute Gasteiger partial charge is 0.472 e. The van der Waals surface area contributed by atoms with E-state index in [2.05, 4.69) is 54.8 Å². The molecule has 5 atom stereocenters. The molecule has 0 aliphatic carbocycles. The molecule has 0 bridgehead atoms. The van der Waals surface area contributed by atoms with Crippen LogP contribution in [0.2, 0.25) is 0 Å². The summed E-state index contributed by atoms with van der Waals surface area (Å²) in [6.45, 7) is 2.70. The molecule has 0 radical (unpaired) electrons. The van der Waals surface area contributed by atoms with Gasteiger partial charge in [-0.05, 0) is 77.0 Å². The van der Waals surface area contributed by atoms with E-state index in [4.69, 9.17) is 29.6 Å². The highest BCUT2D eigenvalue weighted by atomic mass is 31.2. The first-order valence-electron chi connectivity index (χ1n) is 22.8. The third kappa shape index (κ3) is 34.8. The van der Waals surface area contributed by atoms with Crippen molar-refractivity contribution in [3.63, 3.8) is 0 Å². The van der Waals surface area contributed by atoms with Crippen molar-refractivity contribution in [3.05, 3.63) is 48.6 Å². The van der Waals surface area contributed by atoms with E-state index in [1.807, 2.05) is 12.2 Å². The molecule has 1 aliphatic heterocycles. The molecule has 13 heteroatoms. The number of carboxylic acids is 1. The average Bonchev–Trinajstić information content (AvgIpc) is 3.97. The number of unbranched alkanes of at least 4 members (excludes halogenated alkanes) is 17. The SMILES string of the molecule is CCCCC/C=C\CC1OC1C/C=C\C/C=C\CCCC(=O)O[C@H](COC(=O)CCCCCCCCC/C=C\CCCCCCCC)COP(=O)(O)OC[C@H](N)C(=O)O. The Hall–Kier alpha value is -2.60. The largest absolute Gasteiger partial charge is 0.480 e. The Morgan fingerprint density at radius 2 is 1.07 bits per heavy atom. The number of allylic oxidation sites excluding steroid dienone is 6. The Bertz CT molecular complexity index is 1250. The van der Waals surface area contributed by atoms with Crippen LogP contribution in [0.5, 0.6) is 0 Å². The van der Waals surface area contributed by atoms with E-state index >= 15 is 0 Å². The zero-order valence-electron chi connectivity index (χ0n) is 36.5. The van der Waals surface area contributed by atoms with Crippen molar-refractivity contribution >= 4 is 25.7 Å². The summed E-state index contributed by atoms with van der Waals surface area (Å²) in [4.78, 5) is 46.0. The lowest BCUT2D eigenvalue weighted by atomic mass is 10.1. The summed E-state index contributed by atoms with van der Waals surface area (Å²) in [5, 5.41) is 8.90. The van der Waals surface area contributed by atoms with Crippen LogP contribution < -0.4 is 5.73 Å². The zero-order valence-corrected chi connectivity index (χ0v) is 37.4. The first kappa shape index (κ1) is 54.4. The van der Waals surface area contributed by atoms with Gasteiger partial charge in [0, 0.05) is 12.8 Å². The van der Waals surface area contributed by atoms with Crippen molar-refractivity contribution in [1.29, 1.82) is 0 Å². The van der Waals surface area contributed by atoms with Crippen LogP contribution >= 0.6 is 7.82 Å². The molecule has 1 rings (SSSR count). The quantitative estimate of drug-likeness (QED) is 0.0174. The van der Waals surface area contributed by atoms with E-state index in [1.165, 1.54) is 83.5 Å². The Labute approximate surface area is 356 Å². The zero-order chi connectivity index (χ0) is 43.2. The number of esters is 2. The first-order valence-corrected chi connectivity index (χ1v) is 24.3. The molecule has 340 valence electrons. The minimum Gasteiger partial charge on any atom is -0.480 e. The number of phosphoric ester groups is 1. The van der Waals surface area contributed by atoms with E-state index in [9.17, 15) is 23.8 Å². The van der Waals surface area contributed by atoms with Gasteiger partial charge in [-0.1, -0.05) is 140 Å². The van der Waals surface area contributed by atoms with Gasteiger partial charge in [0.15, 0.2) is 6.10 Å². The second-order valence-electron chi connectivity index (χ2n) is 15.6. The van der Waals surface area contributed by atoms with E-state index < -0.39 is 51.1 Å². The van der Waals surface area contributed by atoms with Crippen LogP contribution in [0.15, 0.2) is 48.6 Å². The van der Waals surface area contributed by atoms with Crippen molar-refractivity contribution < 1.29 is 52.2 Å². The molecule has 1 heterocycles. The fourth-order valence-corrected chi connectivity index (χ4v) is 6.99. The predicted octanol–water partition coefficient (Wildman–Crippen LogP) is 11.2. The molecule has 4 N–H and O–H groups in total. The van der Waals surface area contributed by atoms with Crippen molar-refractivity contribution in [2.75, 3.05) is 19.8 Å². The maximum Gasteiger partial charge on any atom is 0.472 e. The average molecular weight is 854 g/mol. The summed E-state index contributed by atoms with van der Waals surface area (Å²) >= 11 is 0. The lowest BCUT2D eigenvalue weighted by Crippen LogP contribution is -2.34. The normalized spacial score (nSPS) is 17.6. The third-order valence-corrected chi connectivity index (χ3v) is 10.9. The first-order chi connectivity index (χ1) is 28.6. The number of epoxide rings is 1. The minimum absolute atomic E-state index is 0.0782. The second-order valence-corrected chi connectivity index (χ2v) is 17.0. The molecule has 12 nitrogen and oxygen atoms in total. The van der Waals surface area contributed by atoms with Gasteiger partial charge in [-0.2, -0.15) is 0 Å². The summed E-state index contributed by atoms with van der Waals surface area (Å²) in [7, 11) is -4.74.